The highest BCUT2D eigenvalue weighted by Gasteiger charge is 2.05. The van der Waals surface area contributed by atoms with Crippen LogP contribution in [-0.2, 0) is 11.3 Å². The predicted molar refractivity (Wildman–Crippen MR) is 114 cm³/mol. The topological polar surface area (TPSA) is 78.1 Å². The average Bonchev–Trinajstić information content (AvgIpc) is 2.66. The lowest BCUT2D eigenvalue weighted by molar-refractivity contribution is 0.172. The van der Waals surface area contributed by atoms with Gasteiger partial charge in [-0.15, -0.1) is 0 Å². The smallest absolute Gasteiger partial charge is 0.193 e. The van der Waals surface area contributed by atoms with Gasteiger partial charge in [-0.2, -0.15) is 0 Å². The van der Waals surface area contributed by atoms with E-state index in [0.29, 0.717) is 25.7 Å². The summed E-state index contributed by atoms with van der Waals surface area (Å²) in [5, 5.41) is 3.10. The third kappa shape index (κ3) is 7.48. The van der Waals surface area contributed by atoms with Gasteiger partial charge in [-0.3, -0.25) is 0 Å². The van der Waals surface area contributed by atoms with Crippen molar-refractivity contribution in [2.45, 2.75) is 39.8 Å². The van der Waals surface area contributed by atoms with Crippen molar-refractivity contribution in [2.24, 2.45) is 10.7 Å². The van der Waals surface area contributed by atoms with E-state index in [-0.39, 0.29) is 6.10 Å². The number of nitrogens with one attached hydrogen (secondary N) is 1. The lowest BCUT2D eigenvalue weighted by atomic mass is 10.1. The SMILES string of the molecule is COCCCOc1cc(C)ccc1CN=C(N)Nc1ccc(OC(C)C)cc1. The van der Waals surface area contributed by atoms with Crippen LogP contribution < -0.4 is 20.5 Å². The van der Waals surface area contributed by atoms with E-state index in [1.165, 1.54) is 0 Å². The first kappa shape index (κ1) is 21.6. The minimum atomic E-state index is 0.144. The lowest BCUT2D eigenvalue weighted by Gasteiger charge is -2.12. The number of rotatable bonds is 10. The highest BCUT2D eigenvalue weighted by molar-refractivity contribution is 5.92. The van der Waals surface area contributed by atoms with Crippen LogP contribution >= 0.6 is 0 Å². The second-order valence-electron chi connectivity index (χ2n) is 6.82. The number of aliphatic imine (C=N–C) groups is 1. The average molecular weight is 386 g/mol. The van der Waals surface area contributed by atoms with Crippen LogP contribution in [0.25, 0.3) is 0 Å². The highest BCUT2D eigenvalue weighted by Crippen LogP contribution is 2.22. The number of hydrogen-bond acceptors (Lipinski definition) is 4. The number of anilines is 1. The fourth-order valence-electron chi connectivity index (χ4n) is 2.56. The Balaban J connectivity index is 1.96. The minimum Gasteiger partial charge on any atom is -0.493 e. The van der Waals surface area contributed by atoms with Gasteiger partial charge in [0.25, 0.3) is 0 Å². The monoisotopic (exact) mass is 385 g/mol. The maximum absolute atomic E-state index is 6.04. The third-order valence-corrected chi connectivity index (χ3v) is 3.89. The Hall–Kier alpha value is -2.73. The lowest BCUT2D eigenvalue weighted by Crippen LogP contribution is -2.22. The molecular formula is C22H31N3O3. The van der Waals surface area contributed by atoms with Crippen LogP contribution in [0.4, 0.5) is 5.69 Å². The van der Waals surface area contributed by atoms with Crippen molar-refractivity contribution in [1.29, 1.82) is 0 Å². The number of methoxy groups -OCH3 is 1. The second kappa shape index (κ2) is 11.2. The summed E-state index contributed by atoms with van der Waals surface area (Å²) in [6.45, 7) is 7.75. The van der Waals surface area contributed by atoms with Gasteiger partial charge in [-0.05, 0) is 56.7 Å². The zero-order valence-electron chi connectivity index (χ0n) is 17.2. The van der Waals surface area contributed by atoms with E-state index in [0.717, 1.165) is 34.7 Å². The summed E-state index contributed by atoms with van der Waals surface area (Å²) in [7, 11) is 1.69. The van der Waals surface area contributed by atoms with Gasteiger partial charge >= 0.3 is 0 Å². The molecule has 0 saturated heterocycles. The molecule has 0 fully saturated rings. The Bertz CT molecular complexity index is 758. The summed E-state index contributed by atoms with van der Waals surface area (Å²) in [6.07, 6.45) is 0.985. The molecule has 0 radical (unpaired) electrons. The molecule has 152 valence electrons. The summed E-state index contributed by atoms with van der Waals surface area (Å²) in [5.41, 5.74) is 9.04. The van der Waals surface area contributed by atoms with Crippen molar-refractivity contribution in [2.75, 3.05) is 25.6 Å². The van der Waals surface area contributed by atoms with E-state index < -0.39 is 0 Å². The Kier molecular flexibility index (Phi) is 8.62. The van der Waals surface area contributed by atoms with Gasteiger partial charge in [0.15, 0.2) is 5.96 Å². The van der Waals surface area contributed by atoms with Crippen molar-refractivity contribution in [1.82, 2.24) is 0 Å². The van der Waals surface area contributed by atoms with E-state index >= 15 is 0 Å². The van der Waals surface area contributed by atoms with Crippen LogP contribution in [0.3, 0.4) is 0 Å². The van der Waals surface area contributed by atoms with Crippen LogP contribution in [0.2, 0.25) is 0 Å². The van der Waals surface area contributed by atoms with Crippen molar-refractivity contribution in [3.05, 3.63) is 53.6 Å². The molecular weight excluding hydrogens is 354 g/mol. The molecule has 0 aliphatic heterocycles. The van der Waals surface area contributed by atoms with Crippen LogP contribution in [0.15, 0.2) is 47.5 Å². The number of aryl methyl sites for hydroxylation is 1. The van der Waals surface area contributed by atoms with Gasteiger partial charge in [-0.25, -0.2) is 4.99 Å². The Morgan fingerprint density at radius 1 is 1.11 bits per heavy atom. The molecule has 6 heteroatoms. The number of guanidine groups is 1. The molecule has 2 aromatic rings. The first-order chi connectivity index (χ1) is 13.5. The van der Waals surface area contributed by atoms with Crippen LogP contribution in [0.5, 0.6) is 11.5 Å². The molecule has 6 nitrogen and oxygen atoms in total. The number of hydrogen-bond donors (Lipinski definition) is 2. The van der Waals surface area contributed by atoms with E-state index in [9.17, 15) is 0 Å². The van der Waals surface area contributed by atoms with Crippen molar-refractivity contribution >= 4 is 11.6 Å². The van der Waals surface area contributed by atoms with Gasteiger partial charge < -0.3 is 25.3 Å². The van der Waals surface area contributed by atoms with Gasteiger partial charge in [0, 0.05) is 31.4 Å². The molecule has 0 saturated carbocycles. The molecule has 2 aromatic carbocycles. The second-order valence-corrected chi connectivity index (χ2v) is 6.82. The molecule has 0 spiro atoms. The summed E-state index contributed by atoms with van der Waals surface area (Å²) in [4.78, 5) is 4.44. The maximum atomic E-state index is 6.04. The van der Waals surface area contributed by atoms with E-state index in [1.807, 2.05) is 63.2 Å². The molecule has 0 aliphatic carbocycles. The number of benzene rings is 2. The quantitative estimate of drug-likeness (QED) is 0.365. The Morgan fingerprint density at radius 2 is 1.86 bits per heavy atom. The number of nitrogens with zero attached hydrogens (tertiary/aromatic N) is 1. The first-order valence-electron chi connectivity index (χ1n) is 9.53. The van der Waals surface area contributed by atoms with Crippen LogP contribution in [-0.4, -0.2) is 32.4 Å². The minimum absolute atomic E-state index is 0.144. The van der Waals surface area contributed by atoms with Crippen LogP contribution in [0, 0.1) is 6.92 Å². The molecule has 0 unspecified atom stereocenters. The summed E-state index contributed by atoms with van der Waals surface area (Å²) in [6, 6.07) is 13.7. The maximum Gasteiger partial charge on any atom is 0.193 e. The summed E-state index contributed by atoms with van der Waals surface area (Å²) < 4.78 is 16.6. The fraction of sp³-hybridized carbons (Fsp3) is 0.409. The summed E-state index contributed by atoms with van der Waals surface area (Å²) >= 11 is 0. The fourth-order valence-corrected chi connectivity index (χ4v) is 2.56. The van der Waals surface area contributed by atoms with Gasteiger partial charge in [-0.1, -0.05) is 12.1 Å². The predicted octanol–water partition coefficient (Wildman–Crippen LogP) is 4.12. The van der Waals surface area contributed by atoms with E-state index in [4.69, 9.17) is 19.9 Å². The Morgan fingerprint density at radius 3 is 2.54 bits per heavy atom. The molecule has 0 amide bonds. The first-order valence-corrected chi connectivity index (χ1v) is 9.53. The third-order valence-electron chi connectivity index (χ3n) is 3.89. The number of nitrogens with two attached hydrogens (primary N) is 1. The van der Waals surface area contributed by atoms with Gasteiger partial charge in [0.2, 0.25) is 0 Å². The van der Waals surface area contributed by atoms with Crippen molar-refractivity contribution in [3.63, 3.8) is 0 Å². The molecule has 3 N–H and O–H groups in total. The molecule has 0 heterocycles. The van der Waals surface area contributed by atoms with Crippen molar-refractivity contribution in [3.8, 4) is 11.5 Å². The Labute approximate surface area is 167 Å². The van der Waals surface area contributed by atoms with Crippen LogP contribution in [0.1, 0.15) is 31.4 Å². The summed E-state index contributed by atoms with van der Waals surface area (Å²) in [5.74, 6) is 2.01. The molecule has 0 atom stereocenters. The largest absolute Gasteiger partial charge is 0.493 e. The molecule has 0 bridgehead atoms. The molecule has 0 aliphatic rings. The van der Waals surface area contributed by atoms with Gasteiger partial charge in [0.1, 0.15) is 11.5 Å². The zero-order valence-corrected chi connectivity index (χ0v) is 17.2. The molecule has 2 rings (SSSR count). The normalized spacial score (nSPS) is 11.5. The standard InChI is InChI=1S/C22H31N3O3/c1-16(2)28-20-10-8-19(9-11-20)25-22(23)24-15-18-7-6-17(3)14-21(18)27-13-5-12-26-4/h6-11,14,16H,5,12-13,15H2,1-4H3,(H3,23,24,25). The van der Waals surface area contributed by atoms with E-state index in [2.05, 4.69) is 10.3 Å². The number of ether oxygens (including phenoxy) is 3. The zero-order chi connectivity index (χ0) is 20.4. The van der Waals surface area contributed by atoms with E-state index in [1.54, 1.807) is 7.11 Å². The van der Waals surface area contributed by atoms with Gasteiger partial charge in [0.05, 0.1) is 19.3 Å². The molecule has 28 heavy (non-hydrogen) atoms. The van der Waals surface area contributed by atoms with Crippen molar-refractivity contribution < 1.29 is 14.2 Å². The highest BCUT2D eigenvalue weighted by atomic mass is 16.5. The molecule has 0 aromatic heterocycles.